The van der Waals surface area contributed by atoms with Crippen LogP contribution < -0.4 is 4.74 Å². The third kappa shape index (κ3) is 7.32. The Morgan fingerprint density at radius 3 is 2.58 bits per heavy atom. The van der Waals surface area contributed by atoms with Crippen LogP contribution in [-0.4, -0.2) is 46.9 Å². The normalized spacial score (nSPS) is 13.2. The van der Waals surface area contributed by atoms with Crippen LogP contribution in [0.15, 0.2) is 48.1 Å². The number of ether oxygens (including phenoxy) is 2. The molecule has 6 nitrogen and oxygen atoms in total. The lowest BCUT2D eigenvalue weighted by atomic mass is 9.99. The van der Waals surface area contributed by atoms with E-state index in [2.05, 4.69) is 23.5 Å². The van der Waals surface area contributed by atoms with Gasteiger partial charge in [-0.15, -0.1) is 0 Å². The molecule has 0 aliphatic rings. The van der Waals surface area contributed by atoms with Gasteiger partial charge in [-0.05, 0) is 51.8 Å². The molecule has 2 aromatic rings. The maximum Gasteiger partial charge on any atom is 0.254 e. The monoisotopic (exact) mass is 471 g/mol. The number of hydrogen-bond acceptors (Lipinski definition) is 5. The zero-order chi connectivity index (χ0) is 24.5. The second-order valence-corrected chi connectivity index (χ2v) is 8.43. The van der Waals surface area contributed by atoms with Crippen LogP contribution in [0.3, 0.4) is 0 Å². The fourth-order valence-corrected chi connectivity index (χ4v) is 3.54. The molecular formula is C26H34ClN3O3. The molecule has 0 saturated heterocycles. The molecule has 0 fully saturated rings. The number of halogens is 1. The van der Waals surface area contributed by atoms with Crippen molar-refractivity contribution in [3.63, 3.8) is 0 Å². The molecule has 178 valence electrons. The number of aryl methyl sites for hydroxylation is 1. The summed E-state index contributed by atoms with van der Waals surface area (Å²) in [7, 11) is 0. The van der Waals surface area contributed by atoms with Crippen molar-refractivity contribution in [3.05, 3.63) is 64.8 Å². The lowest BCUT2D eigenvalue weighted by molar-refractivity contribution is 0.0645. The number of aromatic nitrogens is 1. The van der Waals surface area contributed by atoms with Crippen LogP contribution in [0.25, 0.3) is 5.76 Å². The molecule has 0 bridgehead atoms. The Bertz CT molecular complexity index is 989. The van der Waals surface area contributed by atoms with E-state index in [1.54, 1.807) is 30.0 Å². The van der Waals surface area contributed by atoms with Crippen LogP contribution in [0.1, 0.15) is 62.5 Å². The summed E-state index contributed by atoms with van der Waals surface area (Å²) in [4.78, 5) is 24.0. The highest BCUT2D eigenvalue weighted by Crippen LogP contribution is 2.26. The second-order valence-electron chi connectivity index (χ2n) is 7.99. The summed E-state index contributed by atoms with van der Waals surface area (Å²) in [6, 6.07) is 9.00. The molecule has 1 aromatic heterocycles. The van der Waals surface area contributed by atoms with Gasteiger partial charge in [0.25, 0.3) is 5.91 Å². The van der Waals surface area contributed by atoms with E-state index in [4.69, 9.17) is 21.1 Å². The molecule has 33 heavy (non-hydrogen) atoms. The number of rotatable bonds is 10. The van der Waals surface area contributed by atoms with Crippen molar-refractivity contribution in [2.24, 2.45) is 4.99 Å². The first-order valence-electron chi connectivity index (χ1n) is 11.2. The van der Waals surface area contributed by atoms with Crippen molar-refractivity contribution < 1.29 is 14.3 Å². The Balaban J connectivity index is 2.22. The average Bonchev–Trinajstić information content (AvgIpc) is 2.78. The molecule has 2 rings (SSSR count). The number of aliphatic imine (C=N–C) groups is 1. The van der Waals surface area contributed by atoms with Crippen molar-refractivity contribution >= 4 is 29.2 Å². The fourth-order valence-electron chi connectivity index (χ4n) is 3.43. The zero-order valence-electron chi connectivity index (χ0n) is 20.4. The maximum atomic E-state index is 13.6. The van der Waals surface area contributed by atoms with Gasteiger partial charge in [0.15, 0.2) is 5.90 Å². The minimum Gasteiger partial charge on any atom is -0.475 e. The Morgan fingerprint density at radius 2 is 1.97 bits per heavy atom. The van der Waals surface area contributed by atoms with E-state index in [1.165, 1.54) is 6.20 Å². The Hall–Kier alpha value is -2.86. The number of carbonyl (C=O) groups excluding carboxylic acids is 1. The van der Waals surface area contributed by atoms with E-state index >= 15 is 0 Å². The van der Waals surface area contributed by atoms with E-state index in [9.17, 15) is 4.79 Å². The minimum atomic E-state index is -0.184. The van der Waals surface area contributed by atoms with Crippen LogP contribution in [0, 0.1) is 6.92 Å². The molecule has 0 aliphatic carbocycles. The van der Waals surface area contributed by atoms with Crippen LogP contribution in [0.4, 0.5) is 0 Å². The van der Waals surface area contributed by atoms with Crippen LogP contribution >= 0.6 is 11.6 Å². The van der Waals surface area contributed by atoms with E-state index < -0.39 is 0 Å². The summed E-state index contributed by atoms with van der Waals surface area (Å²) >= 11 is 5.88. The number of carbonyl (C=O) groups is 1. The predicted molar refractivity (Wildman–Crippen MR) is 135 cm³/mol. The van der Waals surface area contributed by atoms with E-state index in [0.717, 1.165) is 12.0 Å². The van der Waals surface area contributed by atoms with Crippen molar-refractivity contribution in [2.45, 2.75) is 60.0 Å². The fraction of sp³-hybridized carbons (Fsp3) is 0.423. The Morgan fingerprint density at radius 1 is 1.24 bits per heavy atom. The number of pyridine rings is 1. The number of hydrogen-bond donors (Lipinski definition) is 0. The smallest absolute Gasteiger partial charge is 0.254 e. The zero-order valence-corrected chi connectivity index (χ0v) is 21.1. The summed E-state index contributed by atoms with van der Waals surface area (Å²) in [5, 5.41) is 0.541. The highest BCUT2D eigenvalue weighted by molar-refractivity contribution is 6.30. The molecule has 1 amide bonds. The standard InChI is InChI=1S/C26H34ClN3O3/c1-8-18(4)29-21(7)33-20(6)25-17(3)11-10-12-23(25)26(31)30(9-2)19(5)16-32-24-14-13-22(27)15-28-24/h10-15,18-19H,6,8-9,16H2,1-5,7H3/t18?,19-/m0/s1. The Kier molecular flexibility index (Phi) is 9.92. The molecule has 1 unspecified atom stereocenters. The minimum absolute atomic E-state index is 0.113. The molecule has 1 heterocycles. The van der Waals surface area contributed by atoms with Crippen LogP contribution in [-0.2, 0) is 4.74 Å². The van der Waals surface area contributed by atoms with Crippen LogP contribution in [0.2, 0.25) is 5.02 Å². The number of likely N-dealkylation sites (N-methyl/N-ethyl adjacent to an activating group) is 1. The van der Waals surface area contributed by atoms with Gasteiger partial charge in [-0.2, -0.15) is 0 Å². The van der Waals surface area contributed by atoms with Gasteiger partial charge in [-0.25, -0.2) is 4.98 Å². The largest absolute Gasteiger partial charge is 0.475 e. The number of benzene rings is 1. The van der Waals surface area contributed by atoms with E-state index in [0.29, 0.717) is 46.8 Å². The molecular weight excluding hydrogens is 438 g/mol. The summed E-state index contributed by atoms with van der Waals surface area (Å²) in [5.41, 5.74) is 2.13. The summed E-state index contributed by atoms with van der Waals surface area (Å²) in [5.74, 6) is 1.29. The quantitative estimate of drug-likeness (QED) is 0.236. The molecule has 0 aliphatic heterocycles. The van der Waals surface area contributed by atoms with Gasteiger partial charge in [0, 0.05) is 31.3 Å². The number of amides is 1. The van der Waals surface area contributed by atoms with Gasteiger partial charge in [0.2, 0.25) is 5.88 Å². The number of nitrogens with zero attached hydrogens (tertiary/aromatic N) is 3. The highest BCUT2D eigenvalue weighted by Gasteiger charge is 2.25. The molecule has 0 radical (unpaired) electrons. The average molecular weight is 472 g/mol. The van der Waals surface area contributed by atoms with Crippen LogP contribution in [0.5, 0.6) is 5.88 Å². The molecule has 7 heteroatoms. The molecule has 0 N–H and O–H groups in total. The molecule has 0 saturated carbocycles. The van der Waals surface area contributed by atoms with Gasteiger partial charge in [0.1, 0.15) is 12.4 Å². The predicted octanol–water partition coefficient (Wildman–Crippen LogP) is 6.18. The van der Waals surface area contributed by atoms with Crippen molar-refractivity contribution in [1.29, 1.82) is 0 Å². The van der Waals surface area contributed by atoms with E-state index in [1.807, 2.05) is 39.8 Å². The van der Waals surface area contributed by atoms with Gasteiger partial charge < -0.3 is 14.4 Å². The lowest BCUT2D eigenvalue weighted by Gasteiger charge is -2.29. The summed E-state index contributed by atoms with van der Waals surface area (Å²) in [6.07, 6.45) is 2.44. The third-order valence-corrected chi connectivity index (χ3v) is 5.58. The third-order valence-electron chi connectivity index (χ3n) is 5.35. The van der Waals surface area contributed by atoms with Gasteiger partial charge in [-0.1, -0.05) is 37.2 Å². The van der Waals surface area contributed by atoms with Crippen molar-refractivity contribution in [1.82, 2.24) is 9.88 Å². The highest BCUT2D eigenvalue weighted by atomic mass is 35.5. The summed E-state index contributed by atoms with van der Waals surface area (Å²) < 4.78 is 11.7. The van der Waals surface area contributed by atoms with Crippen molar-refractivity contribution in [3.8, 4) is 5.88 Å². The molecule has 1 aromatic carbocycles. The first kappa shape index (κ1) is 26.4. The second kappa shape index (κ2) is 12.4. The summed E-state index contributed by atoms with van der Waals surface area (Å²) in [6.45, 7) is 16.7. The topological polar surface area (TPSA) is 64.0 Å². The maximum absolute atomic E-state index is 13.6. The first-order chi connectivity index (χ1) is 15.7. The molecule has 0 spiro atoms. The Labute approximate surface area is 202 Å². The van der Waals surface area contributed by atoms with Gasteiger partial charge in [-0.3, -0.25) is 9.79 Å². The van der Waals surface area contributed by atoms with Gasteiger partial charge >= 0.3 is 0 Å². The SMILES string of the molecule is C=C(OC(C)=NC(C)CC)c1c(C)cccc1C(=O)N(CC)[C@@H](C)COc1ccc(Cl)cn1. The van der Waals surface area contributed by atoms with E-state index in [-0.39, 0.29) is 18.0 Å². The first-order valence-corrected chi connectivity index (χ1v) is 11.6. The van der Waals surface area contributed by atoms with Crippen molar-refractivity contribution in [2.75, 3.05) is 13.2 Å². The lowest BCUT2D eigenvalue weighted by Crippen LogP contribution is -2.42. The van der Waals surface area contributed by atoms with Gasteiger partial charge in [0.05, 0.1) is 22.7 Å². The molecule has 2 atom stereocenters.